The third-order valence-corrected chi connectivity index (χ3v) is 6.27. The summed E-state index contributed by atoms with van der Waals surface area (Å²) in [7, 11) is 0. The Balaban J connectivity index is 1.33. The van der Waals surface area contributed by atoms with Gasteiger partial charge in [0.1, 0.15) is 5.82 Å². The number of benzene rings is 1. The molecule has 0 unspecified atom stereocenters. The number of hydrogen-bond donors (Lipinski definition) is 0. The van der Waals surface area contributed by atoms with E-state index in [-0.39, 0.29) is 17.5 Å². The van der Waals surface area contributed by atoms with Crippen molar-refractivity contribution in [1.82, 2.24) is 19.6 Å². The van der Waals surface area contributed by atoms with E-state index in [1.165, 1.54) is 23.5 Å². The van der Waals surface area contributed by atoms with Crippen LogP contribution >= 0.6 is 11.3 Å². The molecular weight excluding hydrogens is 421 g/mol. The average Bonchev–Trinajstić information content (AvgIpc) is 3.35. The number of thiophene rings is 1. The summed E-state index contributed by atoms with van der Waals surface area (Å²) in [6.45, 7) is 5.51. The van der Waals surface area contributed by atoms with Crippen molar-refractivity contribution < 1.29 is 14.1 Å². The number of nitrogens with zero attached hydrogens (tertiary/aromatic N) is 5. The van der Waals surface area contributed by atoms with Gasteiger partial charge in [0.15, 0.2) is 0 Å². The molecule has 0 N–H and O–H groups in total. The van der Waals surface area contributed by atoms with E-state index >= 15 is 0 Å². The number of rotatable bonds is 6. The minimum Gasteiger partial charge on any atom is -0.358 e. The number of nitro groups is 1. The van der Waals surface area contributed by atoms with Crippen molar-refractivity contribution >= 4 is 23.1 Å². The van der Waals surface area contributed by atoms with Gasteiger partial charge in [0.2, 0.25) is 0 Å². The lowest BCUT2D eigenvalue weighted by Crippen LogP contribution is -2.48. The molecule has 1 aromatic carbocycles. The topological polar surface area (TPSA) is 84.5 Å². The van der Waals surface area contributed by atoms with Gasteiger partial charge in [-0.3, -0.25) is 9.69 Å². The van der Waals surface area contributed by atoms with Gasteiger partial charge in [0.25, 0.3) is 5.91 Å². The van der Waals surface area contributed by atoms with Crippen molar-refractivity contribution in [2.75, 3.05) is 26.2 Å². The Labute approximate surface area is 182 Å². The van der Waals surface area contributed by atoms with Gasteiger partial charge in [0.05, 0.1) is 28.3 Å². The summed E-state index contributed by atoms with van der Waals surface area (Å²) >= 11 is 1.37. The molecule has 1 amide bonds. The molecule has 0 bridgehead atoms. The van der Waals surface area contributed by atoms with Crippen molar-refractivity contribution in [2.45, 2.75) is 20.0 Å². The fraction of sp³-hybridized carbons (Fsp3) is 0.333. The number of halogens is 1. The molecule has 1 saturated heterocycles. The van der Waals surface area contributed by atoms with Gasteiger partial charge in [-0.15, -0.1) is 11.3 Å². The average molecular weight is 444 g/mol. The van der Waals surface area contributed by atoms with Gasteiger partial charge in [-0.2, -0.15) is 4.68 Å². The SMILES string of the molecule is Cc1cc([N+](=O)[O-])nn1Cc1csc(C(=O)N2CCN(Cc3cccc(F)c3)CC2)c1. The number of hydrogen-bond acceptors (Lipinski definition) is 6. The van der Waals surface area contributed by atoms with E-state index in [1.807, 2.05) is 22.4 Å². The number of aromatic nitrogens is 2. The van der Waals surface area contributed by atoms with Crippen LogP contribution < -0.4 is 0 Å². The van der Waals surface area contributed by atoms with Crippen LogP contribution in [0.5, 0.6) is 0 Å². The molecule has 4 rings (SSSR count). The minimum absolute atomic E-state index is 0.00942. The number of piperazine rings is 1. The molecule has 162 valence electrons. The molecule has 0 spiro atoms. The lowest BCUT2D eigenvalue weighted by molar-refractivity contribution is -0.389. The zero-order chi connectivity index (χ0) is 22.0. The second-order valence-corrected chi connectivity index (χ2v) is 8.49. The molecule has 8 nitrogen and oxygen atoms in total. The first-order valence-corrected chi connectivity index (χ1v) is 10.8. The van der Waals surface area contributed by atoms with E-state index in [0.29, 0.717) is 36.8 Å². The summed E-state index contributed by atoms with van der Waals surface area (Å²) in [5.74, 6) is -0.426. The molecule has 0 atom stereocenters. The number of aryl methyl sites for hydroxylation is 1. The fourth-order valence-electron chi connectivity index (χ4n) is 3.64. The Morgan fingerprint density at radius 3 is 2.61 bits per heavy atom. The van der Waals surface area contributed by atoms with Crippen molar-refractivity contribution in [3.63, 3.8) is 0 Å². The molecule has 10 heteroatoms. The van der Waals surface area contributed by atoms with Crippen LogP contribution in [0.1, 0.15) is 26.5 Å². The zero-order valence-corrected chi connectivity index (χ0v) is 17.8. The van der Waals surface area contributed by atoms with Gasteiger partial charge in [-0.1, -0.05) is 12.1 Å². The van der Waals surface area contributed by atoms with Gasteiger partial charge >= 0.3 is 5.82 Å². The standard InChI is InChI=1S/C21H22FN5O3S/c1-15-9-20(27(29)30)23-26(15)13-17-11-19(31-14-17)21(28)25-7-5-24(6-8-25)12-16-3-2-4-18(22)10-16/h2-4,9-11,14H,5-8,12-13H2,1H3. The molecule has 0 saturated carbocycles. The van der Waals surface area contributed by atoms with E-state index < -0.39 is 4.92 Å². The second-order valence-electron chi connectivity index (χ2n) is 7.58. The highest BCUT2D eigenvalue weighted by molar-refractivity contribution is 7.12. The summed E-state index contributed by atoms with van der Waals surface area (Å²) in [6.07, 6.45) is 0. The largest absolute Gasteiger partial charge is 0.390 e. The van der Waals surface area contributed by atoms with E-state index in [0.717, 1.165) is 24.2 Å². The van der Waals surface area contributed by atoms with Crippen molar-refractivity contribution in [3.05, 3.63) is 79.4 Å². The molecule has 3 heterocycles. The van der Waals surface area contributed by atoms with Crippen molar-refractivity contribution in [2.24, 2.45) is 0 Å². The molecule has 0 aliphatic carbocycles. The maximum atomic E-state index is 13.4. The Kier molecular flexibility index (Phi) is 6.10. The fourth-order valence-corrected chi connectivity index (χ4v) is 4.51. The monoisotopic (exact) mass is 443 g/mol. The smallest absolute Gasteiger partial charge is 0.358 e. The summed E-state index contributed by atoms with van der Waals surface area (Å²) in [5, 5.41) is 16.8. The Morgan fingerprint density at radius 1 is 1.16 bits per heavy atom. The lowest BCUT2D eigenvalue weighted by atomic mass is 10.2. The Morgan fingerprint density at radius 2 is 1.94 bits per heavy atom. The molecule has 1 aliphatic heterocycles. The lowest BCUT2D eigenvalue weighted by Gasteiger charge is -2.34. The van der Waals surface area contributed by atoms with E-state index in [1.54, 1.807) is 23.7 Å². The van der Waals surface area contributed by atoms with E-state index in [4.69, 9.17) is 0 Å². The van der Waals surface area contributed by atoms with Crippen molar-refractivity contribution in [3.8, 4) is 0 Å². The highest BCUT2D eigenvalue weighted by atomic mass is 32.1. The van der Waals surface area contributed by atoms with Crippen LogP contribution in [0.3, 0.4) is 0 Å². The summed E-state index contributed by atoms with van der Waals surface area (Å²) in [5.41, 5.74) is 2.51. The number of carbonyl (C=O) groups excluding carboxylic acids is 1. The third-order valence-electron chi connectivity index (χ3n) is 5.31. The molecule has 0 radical (unpaired) electrons. The third kappa shape index (κ3) is 4.97. The summed E-state index contributed by atoms with van der Waals surface area (Å²) in [6, 6.07) is 9.86. The second kappa shape index (κ2) is 8.94. The first-order valence-electron chi connectivity index (χ1n) is 9.91. The van der Waals surface area contributed by atoms with E-state index in [9.17, 15) is 19.3 Å². The zero-order valence-electron chi connectivity index (χ0n) is 17.0. The Bertz CT molecular complexity index is 1100. The van der Waals surface area contributed by atoms with Crippen LogP contribution in [0, 0.1) is 22.9 Å². The van der Waals surface area contributed by atoms with Gasteiger partial charge in [0, 0.05) is 32.7 Å². The minimum atomic E-state index is -0.514. The van der Waals surface area contributed by atoms with Gasteiger partial charge < -0.3 is 15.0 Å². The highest BCUT2D eigenvalue weighted by Gasteiger charge is 2.24. The molecule has 1 aliphatic rings. The normalized spacial score (nSPS) is 14.7. The number of carbonyl (C=O) groups is 1. The summed E-state index contributed by atoms with van der Waals surface area (Å²) in [4.78, 5) is 28.0. The van der Waals surface area contributed by atoms with Crippen LogP contribution in [-0.4, -0.2) is 56.6 Å². The molecular formula is C21H22FN5O3S. The number of amides is 1. The molecule has 2 aromatic heterocycles. The van der Waals surface area contributed by atoms with Crippen LogP contribution in [-0.2, 0) is 13.1 Å². The molecule has 31 heavy (non-hydrogen) atoms. The van der Waals surface area contributed by atoms with Crippen LogP contribution in [0.25, 0.3) is 0 Å². The summed E-state index contributed by atoms with van der Waals surface area (Å²) < 4.78 is 14.9. The first-order chi connectivity index (χ1) is 14.9. The maximum absolute atomic E-state index is 13.4. The van der Waals surface area contributed by atoms with Crippen molar-refractivity contribution in [1.29, 1.82) is 0 Å². The Hall–Kier alpha value is -3.11. The predicted octanol–water partition coefficient (Wildman–Crippen LogP) is 3.31. The van der Waals surface area contributed by atoms with Crippen LogP contribution in [0.4, 0.5) is 10.2 Å². The van der Waals surface area contributed by atoms with Gasteiger partial charge in [-0.25, -0.2) is 4.39 Å². The molecule has 3 aromatic rings. The first kappa shape index (κ1) is 21.1. The highest BCUT2D eigenvalue weighted by Crippen LogP contribution is 2.21. The maximum Gasteiger partial charge on any atom is 0.390 e. The van der Waals surface area contributed by atoms with Crippen LogP contribution in [0.15, 0.2) is 41.8 Å². The molecule has 1 fully saturated rings. The van der Waals surface area contributed by atoms with E-state index in [2.05, 4.69) is 10.00 Å². The predicted molar refractivity (Wildman–Crippen MR) is 115 cm³/mol. The van der Waals surface area contributed by atoms with Gasteiger partial charge in [-0.05, 0) is 46.6 Å². The van der Waals surface area contributed by atoms with Crippen LogP contribution in [0.2, 0.25) is 0 Å². The quantitative estimate of drug-likeness (QED) is 0.431.